The van der Waals surface area contributed by atoms with Crippen LogP contribution < -0.4 is 11.1 Å². The van der Waals surface area contributed by atoms with Crippen molar-refractivity contribution in [2.45, 2.75) is 25.7 Å². The van der Waals surface area contributed by atoms with Crippen molar-refractivity contribution in [2.24, 2.45) is 17.6 Å². The second-order valence-electron chi connectivity index (χ2n) is 5.30. The van der Waals surface area contributed by atoms with Gasteiger partial charge in [0.1, 0.15) is 5.82 Å². The van der Waals surface area contributed by atoms with E-state index in [1.54, 1.807) is 0 Å². The molecule has 0 bridgehead atoms. The van der Waals surface area contributed by atoms with Gasteiger partial charge in [-0.25, -0.2) is 4.39 Å². The zero-order valence-corrected chi connectivity index (χ0v) is 11.5. The number of benzene rings is 1. The zero-order chi connectivity index (χ0) is 15.4. The van der Waals surface area contributed by atoms with E-state index in [1.807, 2.05) is 0 Å². The number of non-ortho nitro benzene ring substituents is 1. The minimum Gasteiger partial charge on any atom is -0.330 e. The minimum atomic E-state index is -0.686. The molecule has 0 aliphatic heterocycles. The first-order chi connectivity index (χ1) is 10.0. The van der Waals surface area contributed by atoms with Crippen LogP contribution in [0.5, 0.6) is 0 Å². The van der Waals surface area contributed by atoms with Crippen molar-refractivity contribution in [2.75, 3.05) is 11.9 Å². The Labute approximate surface area is 121 Å². The third-order valence-electron chi connectivity index (χ3n) is 3.97. The molecule has 21 heavy (non-hydrogen) atoms. The summed E-state index contributed by atoms with van der Waals surface area (Å²) in [5.74, 6) is -1.18. The summed E-state index contributed by atoms with van der Waals surface area (Å²) in [5, 5.41) is 13.2. The van der Waals surface area contributed by atoms with E-state index in [0.29, 0.717) is 13.0 Å². The Hall–Kier alpha value is -2.02. The number of halogens is 1. The van der Waals surface area contributed by atoms with Crippen LogP contribution in [-0.4, -0.2) is 17.4 Å². The lowest BCUT2D eigenvalue weighted by Gasteiger charge is -2.29. The van der Waals surface area contributed by atoms with Gasteiger partial charge >= 0.3 is 0 Å². The van der Waals surface area contributed by atoms with Crippen molar-refractivity contribution < 1.29 is 14.1 Å². The van der Waals surface area contributed by atoms with Crippen LogP contribution in [0.25, 0.3) is 0 Å². The first-order valence-corrected chi connectivity index (χ1v) is 6.97. The Morgan fingerprint density at radius 2 is 2.14 bits per heavy atom. The van der Waals surface area contributed by atoms with Gasteiger partial charge in [0.05, 0.1) is 10.6 Å². The van der Waals surface area contributed by atoms with E-state index in [0.717, 1.165) is 37.5 Å². The number of nitrogens with two attached hydrogens (primary N) is 1. The lowest BCUT2D eigenvalue weighted by atomic mass is 9.78. The topological polar surface area (TPSA) is 98.3 Å². The molecule has 0 heterocycles. The number of nitro benzene ring substituents is 1. The summed E-state index contributed by atoms with van der Waals surface area (Å²) in [4.78, 5) is 22.3. The van der Waals surface area contributed by atoms with Crippen LogP contribution in [0.15, 0.2) is 18.2 Å². The highest BCUT2D eigenvalue weighted by Crippen LogP contribution is 2.31. The second-order valence-corrected chi connectivity index (χ2v) is 5.30. The number of nitrogens with zero attached hydrogens (tertiary/aromatic N) is 1. The van der Waals surface area contributed by atoms with Gasteiger partial charge in [0.15, 0.2) is 0 Å². The van der Waals surface area contributed by atoms with Gasteiger partial charge in [0.25, 0.3) is 5.69 Å². The summed E-state index contributed by atoms with van der Waals surface area (Å²) < 4.78 is 13.7. The number of nitrogens with one attached hydrogen (secondary N) is 1. The Morgan fingerprint density at radius 3 is 2.81 bits per heavy atom. The van der Waals surface area contributed by atoms with Gasteiger partial charge in [-0.05, 0) is 31.4 Å². The van der Waals surface area contributed by atoms with Crippen molar-refractivity contribution in [3.63, 3.8) is 0 Å². The highest BCUT2D eigenvalue weighted by molar-refractivity contribution is 5.93. The van der Waals surface area contributed by atoms with E-state index in [9.17, 15) is 19.3 Å². The van der Waals surface area contributed by atoms with Crippen LogP contribution in [0.2, 0.25) is 0 Å². The van der Waals surface area contributed by atoms with Crippen molar-refractivity contribution in [1.29, 1.82) is 0 Å². The number of carbonyl (C=O) groups is 1. The highest BCUT2D eigenvalue weighted by atomic mass is 19.1. The van der Waals surface area contributed by atoms with Gasteiger partial charge in [-0.3, -0.25) is 14.9 Å². The maximum atomic E-state index is 13.7. The van der Waals surface area contributed by atoms with Crippen LogP contribution in [0.4, 0.5) is 15.8 Å². The smallest absolute Gasteiger partial charge is 0.271 e. The predicted molar refractivity (Wildman–Crippen MR) is 76.2 cm³/mol. The third kappa shape index (κ3) is 3.55. The maximum absolute atomic E-state index is 13.7. The Bertz CT molecular complexity index is 550. The number of carbonyl (C=O) groups excluding carboxylic acids is 1. The molecule has 114 valence electrons. The molecule has 1 aliphatic rings. The summed E-state index contributed by atoms with van der Waals surface area (Å²) in [6.07, 6.45) is 3.57. The molecule has 1 aromatic carbocycles. The summed E-state index contributed by atoms with van der Waals surface area (Å²) >= 11 is 0. The normalized spacial score (nSPS) is 21.8. The Morgan fingerprint density at radius 1 is 1.43 bits per heavy atom. The molecule has 1 aromatic rings. The lowest BCUT2D eigenvalue weighted by Crippen LogP contribution is -2.35. The van der Waals surface area contributed by atoms with Crippen molar-refractivity contribution >= 4 is 17.3 Å². The summed E-state index contributed by atoms with van der Waals surface area (Å²) in [6, 6.07) is 3.08. The van der Waals surface area contributed by atoms with E-state index in [4.69, 9.17) is 5.73 Å². The molecule has 1 aliphatic carbocycles. The number of hydrogen-bond donors (Lipinski definition) is 2. The Kier molecular flexibility index (Phi) is 4.85. The van der Waals surface area contributed by atoms with Crippen molar-refractivity contribution in [3.05, 3.63) is 34.1 Å². The molecule has 1 fully saturated rings. The number of hydrogen-bond acceptors (Lipinski definition) is 4. The van der Waals surface area contributed by atoms with Crippen LogP contribution in [0, 0.1) is 27.8 Å². The van der Waals surface area contributed by atoms with Gasteiger partial charge in [0, 0.05) is 18.1 Å². The molecule has 0 spiro atoms. The van der Waals surface area contributed by atoms with Gasteiger partial charge in [0.2, 0.25) is 5.91 Å². The molecule has 2 unspecified atom stereocenters. The van der Waals surface area contributed by atoms with E-state index < -0.39 is 10.7 Å². The summed E-state index contributed by atoms with van der Waals surface area (Å²) in [6.45, 7) is 0.412. The number of rotatable bonds is 4. The molecule has 0 radical (unpaired) electrons. The molecular weight excluding hydrogens is 277 g/mol. The average Bonchev–Trinajstić information content (AvgIpc) is 2.49. The fourth-order valence-corrected chi connectivity index (χ4v) is 2.78. The van der Waals surface area contributed by atoms with Crippen LogP contribution in [0.3, 0.4) is 0 Å². The van der Waals surface area contributed by atoms with Gasteiger partial charge in [-0.15, -0.1) is 0 Å². The molecule has 3 N–H and O–H groups in total. The summed E-state index contributed by atoms with van der Waals surface area (Å²) in [7, 11) is 0. The zero-order valence-electron chi connectivity index (χ0n) is 11.5. The SMILES string of the molecule is NCC1CCCCC1C(=O)Nc1cc([N+](=O)[O-])ccc1F. The van der Waals surface area contributed by atoms with E-state index >= 15 is 0 Å². The molecule has 2 rings (SSSR count). The average molecular weight is 295 g/mol. The minimum absolute atomic E-state index is 0.0838. The predicted octanol–water partition coefficient (Wildman–Crippen LogP) is 2.44. The third-order valence-corrected chi connectivity index (χ3v) is 3.97. The molecular formula is C14H18FN3O3. The van der Waals surface area contributed by atoms with Gasteiger partial charge in [-0.2, -0.15) is 0 Å². The van der Waals surface area contributed by atoms with Gasteiger partial charge < -0.3 is 11.1 Å². The van der Waals surface area contributed by atoms with Crippen LogP contribution >= 0.6 is 0 Å². The lowest BCUT2D eigenvalue weighted by molar-refractivity contribution is -0.384. The molecule has 1 amide bonds. The fourth-order valence-electron chi connectivity index (χ4n) is 2.78. The second kappa shape index (κ2) is 6.62. The van der Waals surface area contributed by atoms with Crippen LogP contribution in [-0.2, 0) is 4.79 Å². The quantitative estimate of drug-likeness (QED) is 0.658. The Balaban J connectivity index is 2.15. The van der Waals surface area contributed by atoms with Crippen molar-refractivity contribution in [3.8, 4) is 0 Å². The monoisotopic (exact) mass is 295 g/mol. The standard InChI is InChI=1S/C14H18FN3O3/c15-12-6-5-10(18(20)21)7-13(12)17-14(19)11-4-2-1-3-9(11)8-16/h5-7,9,11H,1-4,8,16H2,(H,17,19). The van der Waals surface area contributed by atoms with E-state index in [-0.39, 0.29) is 29.1 Å². The van der Waals surface area contributed by atoms with E-state index in [1.165, 1.54) is 0 Å². The summed E-state index contributed by atoms with van der Waals surface area (Å²) in [5.41, 5.74) is 5.26. The molecule has 6 nitrogen and oxygen atoms in total. The largest absolute Gasteiger partial charge is 0.330 e. The molecule has 0 aromatic heterocycles. The van der Waals surface area contributed by atoms with Gasteiger partial charge in [-0.1, -0.05) is 12.8 Å². The van der Waals surface area contributed by atoms with Crippen LogP contribution in [0.1, 0.15) is 25.7 Å². The number of anilines is 1. The fraction of sp³-hybridized carbons (Fsp3) is 0.500. The highest BCUT2D eigenvalue weighted by Gasteiger charge is 2.30. The number of nitro groups is 1. The van der Waals surface area contributed by atoms with E-state index in [2.05, 4.69) is 5.32 Å². The molecule has 7 heteroatoms. The first-order valence-electron chi connectivity index (χ1n) is 6.97. The molecule has 1 saturated carbocycles. The maximum Gasteiger partial charge on any atom is 0.271 e. The number of amides is 1. The molecule has 0 saturated heterocycles. The molecule has 2 atom stereocenters. The first kappa shape index (κ1) is 15.4. The van der Waals surface area contributed by atoms with Crippen molar-refractivity contribution in [1.82, 2.24) is 0 Å².